The van der Waals surface area contributed by atoms with E-state index in [0.717, 1.165) is 25.0 Å². The van der Waals surface area contributed by atoms with Crippen molar-refractivity contribution in [2.45, 2.75) is 45.0 Å². The van der Waals surface area contributed by atoms with Crippen molar-refractivity contribution in [1.82, 2.24) is 5.32 Å². The zero-order chi connectivity index (χ0) is 15.6. The normalized spacial score (nSPS) is 17.1. The Bertz CT molecular complexity index is 483. The van der Waals surface area contributed by atoms with Crippen LogP contribution in [0.4, 0.5) is 17.6 Å². The Morgan fingerprint density at radius 2 is 1.95 bits per heavy atom. The van der Waals surface area contributed by atoms with Crippen LogP contribution in [-0.4, -0.2) is 18.7 Å². The zero-order valence-electron chi connectivity index (χ0n) is 12.0. The van der Waals surface area contributed by atoms with E-state index in [0.29, 0.717) is 12.6 Å². The molecule has 1 aliphatic carbocycles. The molecule has 6 heteroatoms. The average molecular weight is 305 g/mol. The largest absolute Gasteiger partial charge is 0.489 e. The van der Waals surface area contributed by atoms with E-state index < -0.39 is 17.6 Å². The molecule has 1 aromatic carbocycles. The Kier molecular flexibility index (Phi) is 4.76. The van der Waals surface area contributed by atoms with Gasteiger partial charge in [-0.25, -0.2) is 4.39 Å². The number of hydrogen-bond donors (Lipinski definition) is 1. The van der Waals surface area contributed by atoms with Gasteiger partial charge in [-0.2, -0.15) is 13.2 Å². The molecule has 0 saturated heterocycles. The fourth-order valence-electron chi connectivity index (χ4n) is 1.95. The van der Waals surface area contributed by atoms with Crippen LogP contribution in [0.15, 0.2) is 18.2 Å². The lowest BCUT2D eigenvalue weighted by Gasteiger charge is -2.23. The molecule has 0 spiro atoms. The summed E-state index contributed by atoms with van der Waals surface area (Å²) >= 11 is 0. The van der Waals surface area contributed by atoms with Crippen LogP contribution in [-0.2, 0) is 6.18 Å². The van der Waals surface area contributed by atoms with Crippen molar-refractivity contribution in [2.75, 3.05) is 6.54 Å². The number of benzene rings is 1. The monoisotopic (exact) mass is 305 g/mol. The van der Waals surface area contributed by atoms with Gasteiger partial charge in [-0.15, -0.1) is 0 Å². The molecule has 0 amide bonds. The molecule has 1 N–H and O–H groups in total. The number of hydrogen-bond acceptors (Lipinski definition) is 2. The molecule has 0 aromatic heterocycles. The van der Waals surface area contributed by atoms with E-state index in [1.807, 2.05) is 13.8 Å². The van der Waals surface area contributed by atoms with Crippen LogP contribution in [0.5, 0.6) is 5.75 Å². The molecule has 2 nitrogen and oxygen atoms in total. The maximum Gasteiger partial charge on any atom is 0.419 e. The van der Waals surface area contributed by atoms with Crippen LogP contribution in [0.1, 0.15) is 32.3 Å². The van der Waals surface area contributed by atoms with Crippen molar-refractivity contribution in [2.24, 2.45) is 5.92 Å². The van der Waals surface area contributed by atoms with Crippen molar-refractivity contribution in [3.63, 3.8) is 0 Å². The number of rotatable bonds is 6. The topological polar surface area (TPSA) is 21.3 Å². The minimum absolute atomic E-state index is 0.0417. The van der Waals surface area contributed by atoms with E-state index >= 15 is 0 Å². The Labute approximate surface area is 121 Å². The van der Waals surface area contributed by atoms with Crippen LogP contribution in [0, 0.1) is 11.7 Å². The SMILES string of the molecule is CC(C)C(CNC1CC1)Oc1ccc(F)c(C(F)(F)F)c1. The summed E-state index contributed by atoms with van der Waals surface area (Å²) in [4.78, 5) is 0. The van der Waals surface area contributed by atoms with Gasteiger partial charge in [0.2, 0.25) is 0 Å². The number of nitrogens with one attached hydrogen (secondary N) is 1. The highest BCUT2D eigenvalue weighted by atomic mass is 19.4. The molecule has 0 aliphatic heterocycles. The summed E-state index contributed by atoms with van der Waals surface area (Å²) in [7, 11) is 0. The molecule has 1 atom stereocenters. The summed E-state index contributed by atoms with van der Waals surface area (Å²) in [5, 5.41) is 3.29. The maximum absolute atomic E-state index is 13.2. The molecular weight excluding hydrogens is 286 g/mol. The number of alkyl halides is 3. The first-order chi connectivity index (χ1) is 9.77. The summed E-state index contributed by atoms with van der Waals surface area (Å²) in [6.45, 7) is 4.45. The zero-order valence-corrected chi connectivity index (χ0v) is 12.0. The third kappa shape index (κ3) is 4.59. The lowest BCUT2D eigenvalue weighted by Crippen LogP contribution is -2.36. The van der Waals surface area contributed by atoms with Crippen molar-refractivity contribution >= 4 is 0 Å². The van der Waals surface area contributed by atoms with Crippen LogP contribution in [0.3, 0.4) is 0 Å². The summed E-state index contributed by atoms with van der Waals surface area (Å²) in [5.74, 6) is -1.11. The maximum atomic E-state index is 13.2. The second-order valence-electron chi connectivity index (χ2n) is 5.72. The van der Waals surface area contributed by atoms with Crippen molar-refractivity contribution in [3.05, 3.63) is 29.6 Å². The van der Waals surface area contributed by atoms with E-state index in [1.165, 1.54) is 6.07 Å². The standard InChI is InChI=1S/C15H19F4NO/c1-9(2)14(8-20-10-3-4-10)21-11-5-6-13(16)12(7-11)15(17,18)19/h5-7,9-10,14,20H,3-4,8H2,1-2H3. The van der Waals surface area contributed by atoms with Crippen molar-refractivity contribution in [3.8, 4) is 5.75 Å². The molecule has 1 aromatic rings. The number of ether oxygens (including phenoxy) is 1. The highest BCUT2D eigenvalue weighted by Crippen LogP contribution is 2.34. The molecule has 0 heterocycles. The quantitative estimate of drug-likeness (QED) is 0.802. The minimum atomic E-state index is -4.72. The molecule has 1 fully saturated rings. The van der Waals surface area contributed by atoms with Crippen molar-refractivity contribution in [1.29, 1.82) is 0 Å². The van der Waals surface area contributed by atoms with Crippen LogP contribution < -0.4 is 10.1 Å². The second kappa shape index (κ2) is 6.22. The van der Waals surface area contributed by atoms with Gasteiger partial charge in [0.15, 0.2) is 0 Å². The molecule has 1 saturated carbocycles. The Balaban J connectivity index is 2.08. The van der Waals surface area contributed by atoms with Gasteiger partial charge in [0, 0.05) is 12.6 Å². The Morgan fingerprint density at radius 3 is 2.48 bits per heavy atom. The Hall–Kier alpha value is -1.30. The predicted molar refractivity (Wildman–Crippen MR) is 71.7 cm³/mol. The van der Waals surface area contributed by atoms with Gasteiger partial charge in [0.1, 0.15) is 17.7 Å². The molecular formula is C15H19F4NO. The number of halogens is 4. The van der Waals surface area contributed by atoms with Gasteiger partial charge >= 0.3 is 6.18 Å². The third-order valence-corrected chi connectivity index (χ3v) is 3.46. The first-order valence-corrected chi connectivity index (χ1v) is 7.04. The molecule has 0 bridgehead atoms. The summed E-state index contributed by atoms with van der Waals surface area (Å²) in [5.41, 5.74) is -1.29. The average Bonchev–Trinajstić information content (AvgIpc) is 3.18. The molecule has 1 unspecified atom stereocenters. The summed E-state index contributed by atoms with van der Waals surface area (Å²) in [6, 6.07) is 3.25. The van der Waals surface area contributed by atoms with E-state index in [2.05, 4.69) is 5.32 Å². The predicted octanol–water partition coefficient (Wildman–Crippen LogP) is 4.00. The summed E-state index contributed by atoms with van der Waals surface area (Å²) in [6.07, 6.45) is -2.72. The fraction of sp³-hybridized carbons (Fsp3) is 0.600. The second-order valence-corrected chi connectivity index (χ2v) is 5.72. The third-order valence-electron chi connectivity index (χ3n) is 3.46. The Morgan fingerprint density at radius 1 is 1.29 bits per heavy atom. The molecule has 118 valence electrons. The molecule has 2 rings (SSSR count). The van der Waals surface area contributed by atoms with Crippen LogP contribution >= 0.6 is 0 Å². The minimum Gasteiger partial charge on any atom is -0.489 e. The van der Waals surface area contributed by atoms with E-state index in [-0.39, 0.29) is 17.8 Å². The smallest absolute Gasteiger partial charge is 0.419 e. The lowest BCUT2D eigenvalue weighted by molar-refractivity contribution is -0.140. The van der Waals surface area contributed by atoms with Gasteiger partial charge in [0.05, 0.1) is 5.56 Å². The van der Waals surface area contributed by atoms with E-state index in [9.17, 15) is 17.6 Å². The van der Waals surface area contributed by atoms with Gasteiger partial charge in [0.25, 0.3) is 0 Å². The molecule has 0 radical (unpaired) electrons. The first-order valence-electron chi connectivity index (χ1n) is 7.04. The van der Waals surface area contributed by atoms with E-state index in [4.69, 9.17) is 4.74 Å². The summed E-state index contributed by atoms with van der Waals surface area (Å²) < 4.78 is 56.9. The van der Waals surface area contributed by atoms with Gasteiger partial charge in [-0.05, 0) is 37.0 Å². The highest BCUT2D eigenvalue weighted by molar-refractivity contribution is 5.32. The van der Waals surface area contributed by atoms with Gasteiger partial charge in [-0.1, -0.05) is 13.8 Å². The highest BCUT2D eigenvalue weighted by Gasteiger charge is 2.34. The fourth-order valence-corrected chi connectivity index (χ4v) is 1.95. The van der Waals surface area contributed by atoms with Crippen LogP contribution in [0.25, 0.3) is 0 Å². The van der Waals surface area contributed by atoms with Gasteiger partial charge in [-0.3, -0.25) is 0 Å². The van der Waals surface area contributed by atoms with Crippen LogP contribution in [0.2, 0.25) is 0 Å². The van der Waals surface area contributed by atoms with Crippen molar-refractivity contribution < 1.29 is 22.3 Å². The van der Waals surface area contributed by atoms with E-state index in [1.54, 1.807) is 0 Å². The molecule has 1 aliphatic rings. The lowest BCUT2D eigenvalue weighted by atomic mass is 10.1. The molecule has 21 heavy (non-hydrogen) atoms. The van der Waals surface area contributed by atoms with Gasteiger partial charge < -0.3 is 10.1 Å². The first kappa shape index (κ1) is 16.1.